The lowest BCUT2D eigenvalue weighted by molar-refractivity contribution is -0.400. The van der Waals surface area contributed by atoms with E-state index < -0.39 is 345 Å². The second kappa shape index (κ2) is 65.4. The number of ether oxygens (including phenoxy) is 16. The molecule has 8 aliphatic heterocycles. The van der Waals surface area contributed by atoms with Crippen LogP contribution in [0.3, 0.4) is 0 Å². The van der Waals surface area contributed by atoms with Crippen molar-refractivity contribution in [3.63, 3.8) is 0 Å². The van der Waals surface area contributed by atoms with E-state index in [-0.39, 0.29) is 6.42 Å². The van der Waals surface area contributed by atoms with E-state index in [4.69, 9.17) is 75.8 Å². The summed E-state index contributed by atoms with van der Waals surface area (Å²) in [5.41, 5.74) is 0. The quantitative estimate of drug-likeness (QED) is 0.0210. The molecule has 147 heavy (non-hydrogen) atoms. The average molecular weight is 2120 g/mol. The van der Waals surface area contributed by atoms with E-state index in [1.807, 2.05) is 0 Å². The molecule has 8 saturated heterocycles. The van der Waals surface area contributed by atoms with Crippen LogP contribution in [-0.4, -0.2) is 457 Å². The third-order valence-corrected chi connectivity index (χ3v) is 28.4. The van der Waals surface area contributed by atoms with E-state index >= 15 is 0 Å². The number of allylic oxidation sites excluding steroid dienone is 3. The second-order valence-corrected chi connectivity index (χ2v) is 40.2. The van der Waals surface area contributed by atoms with Crippen molar-refractivity contribution in [2.24, 2.45) is 0 Å². The predicted octanol–water partition coefficient (Wildman–Crippen LogP) is -3.25. The highest BCUT2D eigenvalue weighted by Crippen LogP contribution is 2.43. The minimum atomic E-state index is -3.39. The van der Waals surface area contributed by atoms with E-state index in [0.29, 0.717) is 12.8 Å². The summed E-state index contributed by atoms with van der Waals surface area (Å²) in [4.78, 5) is 67.3. The minimum absolute atomic E-state index is 0.0806. The van der Waals surface area contributed by atoms with Crippen LogP contribution < -0.4 is 21.3 Å². The molecule has 8 heterocycles. The lowest BCUT2D eigenvalue weighted by Crippen LogP contribution is -2.72. The van der Waals surface area contributed by atoms with Crippen molar-refractivity contribution >= 4 is 29.6 Å². The molecule has 43 atom stereocenters. The third-order valence-electron chi connectivity index (χ3n) is 28.4. The van der Waals surface area contributed by atoms with Crippen molar-refractivity contribution in [2.75, 3.05) is 46.2 Å². The van der Waals surface area contributed by atoms with Gasteiger partial charge < -0.3 is 215 Å². The Morgan fingerprint density at radius 1 is 0.374 bits per heavy atom. The molecule has 8 fully saturated rings. The summed E-state index contributed by atoms with van der Waals surface area (Å²) in [6.45, 7) is 2.13. The summed E-state index contributed by atoms with van der Waals surface area (Å²) in [5.74, 6) is -8.85. The Morgan fingerprint density at radius 2 is 0.755 bits per heavy atom. The molecule has 48 heteroatoms. The Bertz CT molecular complexity index is 3770. The average Bonchev–Trinajstić information content (AvgIpc) is 0.745. The number of carbonyl (C=O) groups excluding carboxylic acids is 4. The van der Waals surface area contributed by atoms with E-state index in [2.05, 4.69) is 47.3 Å². The predicted molar refractivity (Wildman–Crippen MR) is 513 cm³/mol. The van der Waals surface area contributed by atoms with Gasteiger partial charge in [0.15, 0.2) is 44.0 Å². The van der Waals surface area contributed by atoms with Crippen molar-refractivity contribution in [2.45, 2.75) is 524 Å². The van der Waals surface area contributed by atoms with Crippen molar-refractivity contribution in [3.05, 3.63) is 24.3 Å². The zero-order valence-electron chi connectivity index (χ0n) is 85.7. The Hall–Kier alpha value is -4.69. The van der Waals surface area contributed by atoms with Gasteiger partial charge in [0, 0.05) is 33.6 Å². The van der Waals surface area contributed by atoms with E-state index in [9.17, 15) is 141 Å². The first kappa shape index (κ1) is 127. The molecule has 0 aliphatic carbocycles. The molecule has 27 N–H and O–H groups in total. The Balaban J connectivity index is 1.08. The van der Waals surface area contributed by atoms with Crippen molar-refractivity contribution in [3.8, 4) is 0 Å². The molecule has 8 aliphatic rings. The molecule has 0 radical (unpaired) electrons. The van der Waals surface area contributed by atoms with Gasteiger partial charge >= 0.3 is 5.97 Å². The van der Waals surface area contributed by atoms with Gasteiger partial charge in [-0.1, -0.05) is 192 Å². The largest absolute Gasteiger partial charge is 0.477 e. The SMILES string of the molecule is CCCCCCCC/C=C\CCCCCCCCCCCCCC(=O)N[C@@H](CO[C@@H]1OC(CO)[C@@H](O[C@@H]2OC(CO[C@@H]3OC(CO)[C@@H](O)[C@H](O[C@H]4OC(C)[C@@H](O)C(O)[C@@H]4O)C3NC(C)=O)[C@H](O)[C@H](O[C@@H]3OC(CO)[C@@H](O[C@H]4OC(C)[C@@H](O)C(O)[C@@H]4O)[C@H](O[C@@H]4OC(CO)[C@H](O)[C@H](O[C@]5(C(=O)O)CC(O)[C@@H](NC(C)=O)C([C@H](O)[C@H](O)CO)O5)C4O)C3NC(C)=O)C2O)[C@H](O)C1O)[C@H](O)/C=C/CCCCCCCCCCCCC. The highest BCUT2D eigenvalue weighted by atomic mass is 16.8. The van der Waals surface area contributed by atoms with Gasteiger partial charge in [-0.05, 0) is 58.8 Å². The van der Waals surface area contributed by atoms with Gasteiger partial charge in [-0.2, -0.15) is 0 Å². The molecule has 0 bridgehead atoms. The number of amides is 4. The van der Waals surface area contributed by atoms with Crippen LogP contribution in [0.25, 0.3) is 0 Å². The van der Waals surface area contributed by atoms with Crippen LogP contribution in [0.15, 0.2) is 24.3 Å². The van der Waals surface area contributed by atoms with Gasteiger partial charge in [0.2, 0.25) is 23.6 Å². The number of hydrogen-bond acceptors (Lipinski definition) is 43. The monoisotopic (exact) mass is 2120 g/mol. The van der Waals surface area contributed by atoms with Crippen molar-refractivity contribution in [1.29, 1.82) is 0 Å². The fourth-order valence-corrected chi connectivity index (χ4v) is 19.7. The second-order valence-electron chi connectivity index (χ2n) is 40.2. The van der Waals surface area contributed by atoms with Crippen LogP contribution >= 0.6 is 0 Å². The Labute approximate surface area is 858 Å². The molecule has 0 aromatic rings. The number of unbranched alkanes of at least 4 members (excludes halogenated alkanes) is 28. The van der Waals surface area contributed by atoms with Crippen molar-refractivity contribution in [1.82, 2.24) is 21.3 Å². The van der Waals surface area contributed by atoms with Crippen LogP contribution in [0, 0.1) is 0 Å². The zero-order chi connectivity index (χ0) is 108. The summed E-state index contributed by atoms with van der Waals surface area (Å²) in [6, 6.07) is -6.99. The smallest absolute Gasteiger partial charge is 0.364 e. The fourth-order valence-electron chi connectivity index (χ4n) is 19.7. The molecule has 48 nitrogen and oxygen atoms in total. The number of rotatable bonds is 65. The fraction of sp³-hybridized carbons (Fsp3) is 0.909. The van der Waals surface area contributed by atoms with Crippen LogP contribution in [0.4, 0.5) is 0 Å². The first-order valence-corrected chi connectivity index (χ1v) is 53.0. The molecular weight excluding hydrogens is 1950 g/mol. The molecule has 16 unspecified atom stereocenters. The maximum Gasteiger partial charge on any atom is 0.364 e. The van der Waals surface area contributed by atoms with Gasteiger partial charge in [-0.25, -0.2) is 4.79 Å². The summed E-state index contributed by atoms with van der Waals surface area (Å²) in [6.07, 6.45) is -38.9. The number of hydrogen-bond donors (Lipinski definition) is 27. The summed E-state index contributed by atoms with van der Waals surface area (Å²) >= 11 is 0. The van der Waals surface area contributed by atoms with Gasteiger partial charge in [0.25, 0.3) is 5.79 Å². The van der Waals surface area contributed by atoms with Crippen LogP contribution in [0.5, 0.6) is 0 Å². The third kappa shape index (κ3) is 37.5. The van der Waals surface area contributed by atoms with Gasteiger partial charge in [-0.3, -0.25) is 19.2 Å². The topological polar surface area (TPSA) is 746 Å². The maximum absolute atomic E-state index is 14.0. The molecule has 8 rings (SSSR count). The summed E-state index contributed by atoms with van der Waals surface area (Å²) in [7, 11) is 0. The van der Waals surface area contributed by atoms with Gasteiger partial charge in [0.05, 0.1) is 82.7 Å². The van der Waals surface area contributed by atoms with Crippen LogP contribution in [-0.2, 0) is 99.8 Å². The Kier molecular flexibility index (Phi) is 56.7. The number of aliphatic hydroxyl groups excluding tert-OH is 22. The van der Waals surface area contributed by atoms with Gasteiger partial charge in [0.1, 0.15) is 177 Å². The normalized spacial score (nSPS) is 37.9. The lowest BCUT2D eigenvalue weighted by atomic mass is 9.88. The minimum Gasteiger partial charge on any atom is -0.477 e. The lowest BCUT2D eigenvalue weighted by Gasteiger charge is -2.52. The molecule has 4 amide bonds. The standard InChI is InChI=1S/C99H174N4O44/c1-8-10-12-14-16-18-20-22-23-24-25-26-27-28-29-31-33-35-37-39-41-43-66(115)103-57(58(112)42-40-38-36-34-32-30-21-19-17-15-13-11-9-2)50-132-93-81(127)78(124)84(63(48-107)139-93)141-96-82(128)89(75(121)65(140-96)51-133-91-68(101-55(6)110)86(73(119)61(46-105)136-91)143-95-80(126)77(123)71(117)53(4)135-95)145-92-69(102-56(7)111)88(85(64(49-108)138-92)142-94-79(125)76(122)70(116)52(3)134-94)144-97-83(129)90(74(120)62(47-106)137-97)147-99(98(130)131)44-59(113)67(100-54(5)109)87(146-99)72(118)60(114)45-104/h22-23,40,42,52-53,57-65,67-97,104-108,112-114,116-129H,8-21,24-39,41,43-51H2,1-7H3,(H,100,109)(H,101,110)(H,102,111)(H,103,115)(H,130,131)/b23-22-,42-40+/t52?,53?,57-,58+,59?,60+,61?,62?,63?,64?,65?,67+,68?,69?,70+,71+,72+,73+,74-,75-,76?,77?,78+,79-,80-,81?,82?,83?,84+,85+,86+,87?,88+,89-,90-,91+,92-,93+,94+,95+,96-,97-,99-/m0/s1. The molecule has 0 aromatic heterocycles. The number of carbonyl (C=O) groups is 5. The summed E-state index contributed by atoms with van der Waals surface area (Å²) in [5, 5.41) is 274. The van der Waals surface area contributed by atoms with Crippen molar-refractivity contribution < 1.29 is 217 Å². The van der Waals surface area contributed by atoms with Crippen LogP contribution in [0.1, 0.15) is 260 Å². The maximum atomic E-state index is 14.0. The zero-order valence-corrected chi connectivity index (χ0v) is 85.7. The highest BCUT2D eigenvalue weighted by molar-refractivity contribution is 5.77. The molecule has 0 aromatic carbocycles. The molecule has 0 saturated carbocycles. The molecular formula is C99H174N4O44. The van der Waals surface area contributed by atoms with Gasteiger partial charge in [-0.15, -0.1) is 0 Å². The van der Waals surface area contributed by atoms with E-state index in [1.165, 1.54) is 123 Å². The van der Waals surface area contributed by atoms with E-state index in [1.54, 1.807) is 6.08 Å². The number of carboxylic acid groups (broad SMARTS) is 1. The Morgan fingerprint density at radius 3 is 1.24 bits per heavy atom. The number of nitrogens with one attached hydrogen (secondary N) is 4. The molecule has 854 valence electrons. The van der Waals surface area contributed by atoms with E-state index in [0.717, 1.165) is 104 Å². The number of aliphatic carboxylic acids is 1. The number of carboxylic acids is 1. The summed E-state index contributed by atoms with van der Waals surface area (Å²) < 4.78 is 98.2. The molecule has 0 spiro atoms. The first-order valence-electron chi connectivity index (χ1n) is 53.0. The van der Waals surface area contributed by atoms with Crippen LogP contribution in [0.2, 0.25) is 0 Å². The highest BCUT2D eigenvalue weighted by Gasteiger charge is 2.63. The first-order chi connectivity index (χ1) is 70.2. The number of aliphatic hydroxyl groups is 22.